The minimum Gasteiger partial charge on any atom is -0.444 e. The average Bonchev–Trinajstić information content (AvgIpc) is 3.30. The molecule has 1 heterocycles. The fourth-order valence-electron chi connectivity index (χ4n) is 2.98. The Morgan fingerprint density at radius 3 is 2.25 bits per heavy atom. The van der Waals surface area contributed by atoms with Crippen molar-refractivity contribution in [2.45, 2.75) is 77.5 Å². The molecule has 1 saturated heterocycles. The fourth-order valence-corrected chi connectivity index (χ4v) is 2.98. The predicted molar refractivity (Wildman–Crippen MR) is 91.8 cm³/mol. The zero-order chi connectivity index (χ0) is 18.0. The van der Waals surface area contributed by atoms with E-state index in [2.05, 4.69) is 0 Å². The van der Waals surface area contributed by atoms with Crippen LogP contribution in [-0.4, -0.2) is 65.3 Å². The Morgan fingerprint density at radius 1 is 1.21 bits per heavy atom. The van der Waals surface area contributed by atoms with E-state index in [-0.39, 0.29) is 24.2 Å². The van der Waals surface area contributed by atoms with Crippen molar-refractivity contribution in [1.82, 2.24) is 9.80 Å². The molecule has 138 valence electrons. The summed E-state index contributed by atoms with van der Waals surface area (Å²) in [5, 5.41) is 0. The van der Waals surface area contributed by atoms with Gasteiger partial charge in [-0.2, -0.15) is 0 Å². The summed E-state index contributed by atoms with van der Waals surface area (Å²) in [4.78, 5) is 28.0. The highest BCUT2D eigenvalue weighted by molar-refractivity contribution is 5.78. The third-order valence-corrected chi connectivity index (χ3v) is 4.67. The molecular weight excluding hydrogens is 308 g/mol. The second-order valence-electron chi connectivity index (χ2n) is 8.12. The van der Waals surface area contributed by atoms with Crippen LogP contribution in [0.1, 0.15) is 60.3 Å². The van der Waals surface area contributed by atoms with Crippen molar-refractivity contribution in [3.8, 4) is 0 Å². The van der Waals surface area contributed by atoms with Gasteiger partial charge in [-0.25, -0.2) is 4.79 Å². The van der Waals surface area contributed by atoms with Gasteiger partial charge in [-0.05, 0) is 60.3 Å². The molecule has 0 aromatic heterocycles. The first-order chi connectivity index (χ1) is 11.1. The van der Waals surface area contributed by atoms with Crippen LogP contribution in [0.4, 0.5) is 4.79 Å². The molecule has 2 aliphatic rings. The molecule has 0 unspecified atom stereocenters. The Balaban J connectivity index is 1.77. The van der Waals surface area contributed by atoms with Gasteiger partial charge in [0.1, 0.15) is 12.2 Å². The van der Waals surface area contributed by atoms with Crippen molar-refractivity contribution >= 4 is 12.0 Å². The lowest BCUT2D eigenvalue weighted by molar-refractivity contribution is -0.146. The van der Waals surface area contributed by atoms with Gasteiger partial charge in [0.2, 0.25) is 5.91 Å². The van der Waals surface area contributed by atoms with Gasteiger partial charge in [-0.3, -0.25) is 4.79 Å². The van der Waals surface area contributed by atoms with Crippen molar-refractivity contribution < 1.29 is 19.1 Å². The monoisotopic (exact) mass is 340 g/mol. The van der Waals surface area contributed by atoms with Crippen LogP contribution >= 0.6 is 0 Å². The molecule has 0 spiro atoms. The Morgan fingerprint density at radius 2 is 1.79 bits per heavy atom. The lowest BCUT2D eigenvalue weighted by atomic mass is 9.93. The van der Waals surface area contributed by atoms with Crippen molar-refractivity contribution in [3.05, 3.63) is 0 Å². The molecule has 2 fully saturated rings. The van der Waals surface area contributed by atoms with E-state index >= 15 is 0 Å². The maximum Gasteiger partial charge on any atom is 0.410 e. The number of hydrogen-bond acceptors (Lipinski definition) is 4. The topological polar surface area (TPSA) is 59.1 Å². The van der Waals surface area contributed by atoms with Crippen LogP contribution in [0.5, 0.6) is 0 Å². The number of ether oxygens (including phenoxy) is 2. The Hall–Kier alpha value is -1.30. The normalized spacial score (nSPS) is 20.6. The lowest BCUT2D eigenvalue weighted by Gasteiger charge is -2.39. The van der Waals surface area contributed by atoms with Crippen LogP contribution in [0.25, 0.3) is 0 Å². The molecule has 0 bridgehead atoms. The average molecular weight is 340 g/mol. The largest absolute Gasteiger partial charge is 0.444 e. The molecule has 1 aliphatic carbocycles. The number of amides is 2. The van der Waals surface area contributed by atoms with Crippen LogP contribution in [0, 0.1) is 0 Å². The summed E-state index contributed by atoms with van der Waals surface area (Å²) < 4.78 is 11.4. The number of carbonyl (C=O) groups excluding carboxylic acids is 2. The molecule has 6 nitrogen and oxygen atoms in total. The molecule has 1 saturated carbocycles. The zero-order valence-electron chi connectivity index (χ0n) is 15.8. The Kier molecular flexibility index (Phi) is 5.78. The van der Waals surface area contributed by atoms with Crippen LogP contribution in [0.15, 0.2) is 0 Å². The van der Waals surface area contributed by atoms with Crippen molar-refractivity contribution in [3.63, 3.8) is 0 Å². The molecule has 2 rings (SSSR count). The summed E-state index contributed by atoms with van der Waals surface area (Å²) in [7, 11) is 0. The zero-order valence-corrected chi connectivity index (χ0v) is 15.8. The molecule has 0 aromatic rings. The van der Waals surface area contributed by atoms with Gasteiger partial charge in [0.05, 0.1) is 5.60 Å². The number of likely N-dealkylation sites (N-methyl/N-ethyl adjacent to an activating group) is 1. The number of piperidine rings is 1. The van der Waals surface area contributed by atoms with E-state index in [1.54, 1.807) is 4.90 Å². The van der Waals surface area contributed by atoms with E-state index in [1.165, 1.54) is 0 Å². The van der Waals surface area contributed by atoms with E-state index in [9.17, 15) is 9.59 Å². The number of hydrogen-bond donors (Lipinski definition) is 0. The molecule has 24 heavy (non-hydrogen) atoms. The third kappa shape index (κ3) is 5.36. The molecule has 0 aromatic carbocycles. The second kappa shape index (κ2) is 7.30. The molecule has 0 atom stereocenters. The van der Waals surface area contributed by atoms with Crippen LogP contribution < -0.4 is 0 Å². The summed E-state index contributed by atoms with van der Waals surface area (Å²) in [5.41, 5.74) is -0.829. The minimum atomic E-state index is -0.479. The van der Waals surface area contributed by atoms with Crippen molar-refractivity contribution in [2.75, 3.05) is 26.2 Å². The summed E-state index contributed by atoms with van der Waals surface area (Å²) in [6.45, 7) is 11.7. The van der Waals surface area contributed by atoms with Gasteiger partial charge in [-0.15, -0.1) is 0 Å². The van der Waals surface area contributed by atoms with E-state index < -0.39 is 5.60 Å². The third-order valence-electron chi connectivity index (χ3n) is 4.67. The molecule has 6 heteroatoms. The van der Waals surface area contributed by atoms with Gasteiger partial charge in [-0.1, -0.05) is 0 Å². The van der Waals surface area contributed by atoms with Gasteiger partial charge < -0.3 is 19.3 Å². The molecule has 1 aliphatic heterocycles. The highest BCUT2D eigenvalue weighted by Crippen LogP contribution is 2.29. The standard InChI is InChI=1S/C18H32N2O4/c1-6-20(14-7-8-14)15(21)13-23-18(5)9-11-19(12-10-18)16(22)24-17(2,3)4/h14H,6-13H2,1-5H3. The van der Waals surface area contributed by atoms with Crippen LogP contribution in [0.2, 0.25) is 0 Å². The second-order valence-corrected chi connectivity index (χ2v) is 8.12. The van der Waals surface area contributed by atoms with Gasteiger partial charge in [0.25, 0.3) is 0 Å². The number of likely N-dealkylation sites (tertiary alicyclic amines) is 1. The van der Waals surface area contributed by atoms with E-state index in [0.717, 1.165) is 32.2 Å². The SMILES string of the molecule is CCN(C(=O)COC1(C)CCN(C(=O)OC(C)(C)C)CC1)C1CC1. The van der Waals surface area contributed by atoms with Crippen molar-refractivity contribution in [1.29, 1.82) is 0 Å². The summed E-state index contributed by atoms with van der Waals surface area (Å²) >= 11 is 0. The van der Waals surface area contributed by atoms with Crippen LogP contribution in [0.3, 0.4) is 0 Å². The van der Waals surface area contributed by atoms with Gasteiger partial charge >= 0.3 is 6.09 Å². The highest BCUT2D eigenvalue weighted by Gasteiger charge is 2.36. The summed E-state index contributed by atoms with van der Waals surface area (Å²) in [6.07, 6.45) is 3.39. The highest BCUT2D eigenvalue weighted by atomic mass is 16.6. The molecular formula is C18H32N2O4. The first-order valence-electron chi connectivity index (χ1n) is 9.05. The van der Waals surface area contributed by atoms with E-state index in [0.29, 0.717) is 19.1 Å². The Labute approximate surface area is 145 Å². The maximum atomic E-state index is 12.3. The maximum absolute atomic E-state index is 12.3. The first-order valence-corrected chi connectivity index (χ1v) is 9.05. The van der Waals surface area contributed by atoms with E-state index in [4.69, 9.17) is 9.47 Å². The first kappa shape index (κ1) is 19.0. The number of rotatable bonds is 5. The Bertz CT molecular complexity index is 460. The van der Waals surface area contributed by atoms with Crippen LogP contribution in [-0.2, 0) is 14.3 Å². The van der Waals surface area contributed by atoms with Gasteiger partial charge in [0, 0.05) is 25.7 Å². The molecule has 0 N–H and O–H groups in total. The smallest absolute Gasteiger partial charge is 0.410 e. The number of nitrogens with zero attached hydrogens (tertiary/aromatic N) is 2. The van der Waals surface area contributed by atoms with E-state index in [1.807, 2.05) is 39.5 Å². The van der Waals surface area contributed by atoms with Crippen molar-refractivity contribution in [2.24, 2.45) is 0 Å². The summed E-state index contributed by atoms with van der Waals surface area (Å²) in [6, 6.07) is 0.424. The number of carbonyl (C=O) groups is 2. The molecule has 0 radical (unpaired) electrons. The van der Waals surface area contributed by atoms with Gasteiger partial charge in [0.15, 0.2) is 0 Å². The molecule has 2 amide bonds. The quantitative estimate of drug-likeness (QED) is 0.772. The summed E-state index contributed by atoms with van der Waals surface area (Å²) in [5.74, 6) is 0.0794. The lowest BCUT2D eigenvalue weighted by Crippen LogP contribution is -2.49. The minimum absolute atomic E-state index is 0.0794. The predicted octanol–water partition coefficient (Wildman–Crippen LogP) is 2.80. The fraction of sp³-hybridized carbons (Fsp3) is 0.889.